The normalized spacial score (nSPS) is 16.8. The second kappa shape index (κ2) is 8.90. The second-order valence-electron chi connectivity index (χ2n) is 3.42. The Labute approximate surface area is 109 Å². The summed E-state index contributed by atoms with van der Waals surface area (Å²) in [5.41, 5.74) is 2.93. The van der Waals surface area contributed by atoms with Crippen LogP contribution in [0.5, 0.6) is 0 Å². The molecule has 3 heteroatoms. The van der Waals surface area contributed by atoms with Crippen LogP contribution in [0.15, 0.2) is 44.5 Å². The van der Waals surface area contributed by atoms with Gasteiger partial charge in [0.2, 0.25) is 0 Å². The summed E-state index contributed by atoms with van der Waals surface area (Å²) in [4.78, 5) is 15.0. The van der Waals surface area contributed by atoms with E-state index in [9.17, 15) is 0 Å². The molecule has 4 radical (unpaired) electrons. The van der Waals surface area contributed by atoms with Crippen molar-refractivity contribution in [3.63, 3.8) is 0 Å². The summed E-state index contributed by atoms with van der Waals surface area (Å²) < 4.78 is 3.16. The van der Waals surface area contributed by atoms with Crippen molar-refractivity contribution in [1.29, 1.82) is 0 Å². The van der Waals surface area contributed by atoms with E-state index >= 15 is 0 Å². The fraction of sp³-hybridized carbons (Fsp3) is 0.286. The molecule has 2 aliphatic carbocycles. The maximum atomic E-state index is 7.50. The first-order valence-electron chi connectivity index (χ1n) is 5.01. The van der Waals surface area contributed by atoms with Crippen molar-refractivity contribution < 1.29 is 24.3 Å². The van der Waals surface area contributed by atoms with Crippen LogP contribution in [0.2, 0.25) is 0 Å². The third-order valence-electron chi connectivity index (χ3n) is 2.33. The Morgan fingerprint density at radius 2 is 1.24 bits per heavy atom. The molecule has 0 unspecified atom stereocenters. The van der Waals surface area contributed by atoms with Gasteiger partial charge in [0.05, 0.1) is 0 Å². The molecular formula is C14H14CoO2. The summed E-state index contributed by atoms with van der Waals surface area (Å²) in [6.45, 7) is 13.4. The summed E-state index contributed by atoms with van der Waals surface area (Å²) in [5, 5.41) is 0. The summed E-state index contributed by atoms with van der Waals surface area (Å²) in [5.74, 6) is 0. The fourth-order valence-electron chi connectivity index (χ4n) is 1.48. The topological polar surface area (TPSA) is 34.1 Å². The van der Waals surface area contributed by atoms with Gasteiger partial charge in [-0.3, -0.25) is 9.59 Å². The van der Waals surface area contributed by atoms with E-state index < -0.39 is 0 Å². The number of carbonyl (C=O) groups excluding carboxylic acids is 2. The molecule has 0 saturated carbocycles. The van der Waals surface area contributed by atoms with Crippen LogP contribution in [-0.2, 0) is 24.3 Å². The first kappa shape index (κ1) is 15.8. The molecule has 0 aromatic heterocycles. The minimum Gasteiger partial charge on any atom is -0.281 e. The predicted octanol–water partition coefficient (Wildman–Crippen LogP) is 2.74. The predicted molar refractivity (Wildman–Crippen MR) is 64.3 cm³/mol. The third kappa shape index (κ3) is 4.67. The molecule has 0 bridgehead atoms. The molecule has 0 fully saturated rings. The molecular weight excluding hydrogens is 259 g/mol. The van der Waals surface area contributed by atoms with Gasteiger partial charge in [-0.25, -0.2) is 0 Å². The van der Waals surface area contributed by atoms with Crippen LogP contribution in [0.1, 0.15) is 26.7 Å². The van der Waals surface area contributed by atoms with E-state index in [2.05, 4.69) is 51.7 Å². The first-order chi connectivity index (χ1) is 8.27. The number of rotatable bonds is 2. The Morgan fingerprint density at radius 3 is 1.47 bits per heavy atom. The Morgan fingerprint density at radius 1 is 0.882 bits per heavy atom. The van der Waals surface area contributed by atoms with Crippen LogP contribution in [0.3, 0.4) is 0 Å². The summed E-state index contributed by atoms with van der Waals surface area (Å²) in [6.07, 6.45) is 11.3. The molecule has 0 heterocycles. The molecule has 0 atom stereocenters. The number of hydrogen-bond acceptors (Lipinski definition) is 2. The van der Waals surface area contributed by atoms with Gasteiger partial charge in [0.25, 0.3) is 13.6 Å². The van der Waals surface area contributed by atoms with E-state index in [1.807, 2.05) is 0 Å². The fourth-order valence-corrected chi connectivity index (χ4v) is 2.91. The van der Waals surface area contributed by atoms with Crippen molar-refractivity contribution in [3.8, 4) is 0 Å². The molecule has 0 spiro atoms. The summed E-state index contributed by atoms with van der Waals surface area (Å²) in [7, 11) is 0. The zero-order chi connectivity index (χ0) is 13.3. The maximum Gasteiger partial charge on any atom is 0.281 e. The third-order valence-corrected chi connectivity index (χ3v) is 4.21. The van der Waals surface area contributed by atoms with Gasteiger partial charge < -0.3 is 0 Å². The molecule has 2 aliphatic rings. The van der Waals surface area contributed by atoms with E-state index in [1.165, 1.54) is 25.8 Å². The zero-order valence-corrected chi connectivity index (χ0v) is 10.9. The summed E-state index contributed by atoms with van der Waals surface area (Å²) in [6, 6.07) is 0. The average Bonchev–Trinajstić information content (AvgIpc) is 2.96. The van der Waals surface area contributed by atoms with Crippen molar-refractivity contribution in [3.05, 3.63) is 44.5 Å². The molecule has 2 rings (SSSR count). The van der Waals surface area contributed by atoms with Crippen molar-refractivity contribution in [2.45, 2.75) is 26.7 Å². The molecule has 0 aliphatic heterocycles. The van der Waals surface area contributed by atoms with Crippen molar-refractivity contribution in [1.82, 2.24) is 0 Å². The minimum atomic E-state index is 1.16. The van der Waals surface area contributed by atoms with Gasteiger partial charge in [0, 0.05) is 0 Å². The molecule has 0 aromatic rings. The Bertz CT molecular complexity index is 340. The Hall–Kier alpha value is -1.19. The molecule has 0 saturated heterocycles. The molecule has 17 heavy (non-hydrogen) atoms. The van der Waals surface area contributed by atoms with E-state index in [0.29, 0.717) is 0 Å². The van der Waals surface area contributed by atoms with Gasteiger partial charge in [-0.2, -0.15) is 0 Å². The van der Waals surface area contributed by atoms with Crippen LogP contribution in [-0.4, -0.2) is 13.6 Å². The SMILES string of the molecule is CC1=[C]([Co][C]2=C(C)C=CC2)CC=C1.[C]=O.[C]=O. The monoisotopic (exact) mass is 273 g/mol. The van der Waals surface area contributed by atoms with Gasteiger partial charge in [0.15, 0.2) is 0 Å². The smallest absolute Gasteiger partial charge is 0.281 e. The largest absolute Gasteiger partial charge is 0.281 e. The van der Waals surface area contributed by atoms with E-state index in [1.54, 1.807) is 9.02 Å². The molecule has 0 N–H and O–H groups in total. The quantitative estimate of drug-likeness (QED) is 0.775. The van der Waals surface area contributed by atoms with E-state index in [0.717, 1.165) is 12.8 Å². The first-order valence-corrected chi connectivity index (χ1v) is 6.05. The second-order valence-corrected chi connectivity index (χ2v) is 4.94. The summed E-state index contributed by atoms with van der Waals surface area (Å²) >= 11 is 1.48. The van der Waals surface area contributed by atoms with E-state index in [4.69, 9.17) is 9.59 Å². The van der Waals surface area contributed by atoms with E-state index in [-0.39, 0.29) is 0 Å². The van der Waals surface area contributed by atoms with Gasteiger partial charge in [0.1, 0.15) is 0 Å². The van der Waals surface area contributed by atoms with Crippen LogP contribution in [0.4, 0.5) is 0 Å². The van der Waals surface area contributed by atoms with Gasteiger partial charge in [-0.1, -0.05) is 0 Å². The standard InChI is InChI=1S/2C6H7.2CO.Co/c2*1-6-4-2-3-5-6;2*1-2;/h2*2,4H,3H2,1H3;;;. The van der Waals surface area contributed by atoms with Crippen molar-refractivity contribution >= 4 is 13.6 Å². The van der Waals surface area contributed by atoms with Gasteiger partial charge >= 0.3 is 85.9 Å². The van der Waals surface area contributed by atoms with Gasteiger partial charge in [-0.05, 0) is 0 Å². The Kier molecular flexibility index (Phi) is 8.28. The van der Waals surface area contributed by atoms with Crippen molar-refractivity contribution in [2.75, 3.05) is 0 Å². The molecule has 0 amide bonds. The van der Waals surface area contributed by atoms with Crippen LogP contribution >= 0.6 is 0 Å². The average molecular weight is 273 g/mol. The minimum absolute atomic E-state index is 1.16. The molecule has 91 valence electrons. The van der Waals surface area contributed by atoms with Gasteiger partial charge in [-0.15, -0.1) is 0 Å². The molecule has 0 aromatic carbocycles. The number of allylic oxidation sites excluding steroid dienone is 8. The van der Waals surface area contributed by atoms with Crippen LogP contribution in [0.25, 0.3) is 0 Å². The van der Waals surface area contributed by atoms with Crippen LogP contribution < -0.4 is 0 Å². The maximum absolute atomic E-state index is 7.50. The molecule has 2 nitrogen and oxygen atoms in total. The Balaban J connectivity index is 0.000000581. The van der Waals surface area contributed by atoms with Crippen molar-refractivity contribution in [2.24, 2.45) is 0 Å². The van der Waals surface area contributed by atoms with Crippen LogP contribution in [0, 0.1) is 0 Å². The zero-order valence-electron chi connectivity index (χ0n) is 9.87. The number of hydrogen-bond donors (Lipinski definition) is 0.